The van der Waals surface area contributed by atoms with E-state index < -0.39 is 11.9 Å². The van der Waals surface area contributed by atoms with Gasteiger partial charge in [0.15, 0.2) is 5.78 Å². The van der Waals surface area contributed by atoms with E-state index in [4.69, 9.17) is 0 Å². The van der Waals surface area contributed by atoms with Crippen LogP contribution in [0.15, 0.2) is 72.6 Å². The van der Waals surface area contributed by atoms with Crippen LogP contribution in [0.1, 0.15) is 157 Å². The lowest BCUT2D eigenvalue weighted by Crippen LogP contribution is -2.08. The summed E-state index contributed by atoms with van der Waals surface area (Å²) in [5, 5.41) is 0. The zero-order valence-electron chi connectivity index (χ0n) is 31.3. The second kappa shape index (κ2) is 35.7. The number of nitrogens with zero attached hydrogens (tertiary/aromatic N) is 2. The Morgan fingerprint density at radius 2 is 1.31 bits per heavy atom. The van der Waals surface area contributed by atoms with Crippen LogP contribution < -0.4 is 0 Å². The Morgan fingerprint density at radius 3 is 1.51 bits per heavy atom. The molecule has 1 aromatic heterocycles. The highest BCUT2D eigenvalue weighted by Gasteiger charge is 2.32. The van der Waals surface area contributed by atoms with Gasteiger partial charge in [-0.15, -0.1) is 0 Å². The first-order valence-corrected chi connectivity index (χ1v) is 16.5. The van der Waals surface area contributed by atoms with E-state index in [1.165, 1.54) is 70.1 Å². The van der Waals surface area contributed by atoms with Crippen LogP contribution in [-0.4, -0.2) is 16.5 Å². The summed E-state index contributed by atoms with van der Waals surface area (Å²) < 4.78 is 35.9. The van der Waals surface area contributed by atoms with Crippen molar-refractivity contribution in [2.24, 2.45) is 16.8 Å². The number of carbonyl (C=O) groups excluding carboxylic acids is 1. The van der Waals surface area contributed by atoms with E-state index >= 15 is 0 Å². The van der Waals surface area contributed by atoms with Crippen LogP contribution in [0, 0.1) is 11.8 Å². The second-order valence-electron chi connectivity index (χ2n) is 11.1. The van der Waals surface area contributed by atoms with Crippen molar-refractivity contribution < 1.29 is 18.0 Å². The highest BCUT2D eigenvalue weighted by atomic mass is 19.4. The third-order valence-corrected chi connectivity index (χ3v) is 6.49. The van der Waals surface area contributed by atoms with Crippen molar-refractivity contribution in [3.8, 4) is 0 Å². The molecule has 0 bridgehead atoms. The van der Waals surface area contributed by atoms with E-state index in [9.17, 15) is 18.0 Å². The molecule has 0 amide bonds. The summed E-state index contributed by atoms with van der Waals surface area (Å²) in [5.41, 5.74) is 2.27. The first kappa shape index (κ1) is 51.8. The molecule has 0 aliphatic heterocycles. The molecule has 0 atom stereocenters. The maximum Gasteiger partial charge on any atom is 0.433 e. The smallest absolute Gasteiger partial charge is 0.294 e. The maximum atomic E-state index is 12.0. The summed E-state index contributed by atoms with van der Waals surface area (Å²) in [4.78, 5) is 17.7. The van der Waals surface area contributed by atoms with Gasteiger partial charge in [-0.2, -0.15) is 13.2 Å². The minimum atomic E-state index is -4.45. The number of aromatic nitrogens is 1. The van der Waals surface area contributed by atoms with Crippen molar-refractivity contribution in [2.75, 3.05) is 0 Å². The van der Waals surface area contributed by atoms with Gasteiger partial charge >= 0.3 is 6.18 Å². The molecule has 45 heavy (non-hydrogen) atoms. The van der Waals surface area contributed by atoms with E-state index in [0.717, 1.165) is 41.5 Å². The summed E-state index contributed by atoms with van der Waals surface area (Å²) in [6.07, 6.45) is 12.5. The maximum absolute atomic E-state index is 12.0. The monoisotopic (exact) mass is 639 g/mol. The van der Waals surface area contributed by atoms with Crippen LogP contribution in [-0.2, 0) is 6.18 Å². The molecule has 0 aliphatic carbocycles. The predicted octanol–water partition coefficient (Wildman–Crippen LogP) is 14.1. The van der Waals surface area contributed by atoms with Crippen molar-refractivity contribution in [1.29, 1.82) is 0 Å². The highest BCUT2D eigenvalue weighted by Crippen LogP contribution is 2.27. The Morgan fingerprint density at radius 1 is 0.867 bits per heavy atom. The summed E-state index contributed by atoms with van der Waals surface area (Å²) in [6.45, 7) is 38.0. The summed E-state index contributed by atoms with van der Waals surface area (Å²) in [5.74, 6) is 1.59. The first-order chi connectivity index (χ1) is 20.9. The molecule has 0 aromatic carbocycles. The van der Waals surface area contributed by atoms with Crippen molar-refractivity contribution >= 4 is 11.5 Å². The number of aliphatic imine (C=N–C) groups is 1. The minimum Gasteiger partial charge on any atom is -0.294 e. The molecular weight excluding hydrogens is 569 g/mol. The van der Waals surface area contributed by atoms with Gasteiger partial charge in [0.1, 0.15) is 5.69 Å². The van der Waals surface area contributed by atoms with Gasteiger partial charge < -0.3 is 0 Å². The average Bonchev–Trinajstić information content (AvgIpc) is 3.01. The number of hydrogen-bond donors (Lipinski definition) is 0. The standard InChI is InChI=1S/C8H6F3NO.C8H11N.C8H18.C6H14.C5H10.C4H10/c1-5(13)6-2-3-7(12-4-6)8(9,10)11;1-5-7(3)8(4)9-6-2;1-4-6-8(3)7-5-2;1-4-6(3)5-2;1-4-5(2)3;1-3-4-2/h2-4H,1H3;5-6H,1-3H2,4H3;8H,4-7H2,1-3H3;6H,4-5H2,1-3H3;4H,1-3H3;3-4H2,1-2H3. The Hall–Kier alpha value is -2.76. The third kappa shape index (κ3) is 41.2. The first-order valence-electron chi connectivity index (χ1n) is 16.5. The number of halogens is 3. The van der Waals surface area contributed by atoms with Crippen LogP contribution in [0.25, 0.3) is 0 Å². The van der Waals surface area contributed by atoms with Gasteiger partial charge in [-0.1, -0.05) is 144 Å². The molecular formula is C39H69F3N2O. The average molecular weight is 639 g/mol. The lowest BCUT2D eigenvalue weighted by molar-refractivity contribution is -0.141. The number of unbranched alkanes of at least 4 members (excludes halogenated alkanes) is 1. The van der Waals surface area contributed by atoms with Gasteiger partial charge in [-0.3, -0.25) is 14.8 Å². The molecule has 0 spiro atoms. The predicted molar refractivity (Wildman–Crippen MR) is 196 cm³/mol. The molecule has 0 N–H and O–H groups in total. The van der Waals surface area contributed by atoms with Crippen LogP contribution in [0.5, 0.6) is 0 Å². The van der Waals surface area contributed by atoms with Crippen molar-refractivity contribution in [3.63, 3.8) is 0 Å². The summed E-state index contributed by atoms with van der Waals surface area (Å²) >= 11 is 0. The van der Waals surface area contributed by atoms with E-state index in [-0.39, 0.29) is 11.3 Å². The number of rotatable bonds is 11. The molecule has 0 saturated carbocycles. The number of ketones is 1. The van der Waals surface area contributed by atoms with Gasteiger partial charge in [0, 0.05) is 23.7 Å². The molecule has 1 heterocycles. The molecule has 0 aliphatic rings. The van der Waals surface area contributed by atoms with E-state index in [2.05, 4.69) is 105 Å². The Bertz CT molecular complexity index is 897. The van der Waals surface area contributed by atoms with Crippen LogP contribution in [0.4, 0.5) is 13.2 Å². The topological polar surface area (TPSA) is 42.3 Å². The summed E-state index contributed by atoms with van der Waals surface area (Å²) in [6, 6.07) is 1.90. The zero-order chi connectivity index (χ0) is 36.4. The van der Waals surface area contributed by atoms with E-state index in [1.807, 2.05) is 13.8 Å². The van der Waals surface area contributed by atoms with Crippen molar-refractivity contribution in [1.82, 2.24) is 4.98 Å². The molecule has 1 aromatic rings. The second-order valence-corrected chi connectivity index (χ2v) is 11.1. The van der Waals surface area contributed by atoms with Gasteiger partial charge in [-0.25, -0.2) is 0 Å². The van der Waals surface area contributed by atoms with Crippen LogP contribution in [0.3, 0.4) is 0 Å². The molecule has 1 rings (SSSR count). The number of carbonyl (C=O) groups is 1. The molecule has 0 radical (unpaired) electrons. The Balaban J connectivity index is -0.000000149. The van der Waals surface area contributed by atoms with Crippen LogP contribution >= 0.6 is 0 Å². The fourth-order valence-corrected chi connectivity index (χ4v) is 2.56. The third-order valence-electron chi connectivity index (χ3n) is 6.49. The zero-order valence-corrected chi connectivity index (χ0v) is 31.3. The highest BCUT2D eigenvalue weighted by molar-refractivity contribution is 6.00. The van der Waals surface area contributed by atoms with Crippen molar-refractivity contribution in [3.05, 3.63) is 78.8 Å². The molecule has 0 unspecified atom stereocenters. The fourth-order valence-electron chi connectivity index (χ4n) is 2.56. The number of alkyl halides is 3. The number of allylic oxidation sites excluding steroid dienone is 4. The van der Waals surface area contributed by atoms with E-state index in [0.29, 0.717) is 0 Å². The lowest BCUT2D eigenvalue weighted by atomic mass is 10.0. The molecule has 6 heteroatoms. The minimum absolute atomic E-state index is 0.174. The van der Waals surface area contributed by atoms with Gasteiger partial charge in [0.2, 0.25) is 0 Å². The number of hydrogen-bond acceptors (Lipinski definition) is 3. The molecule has 3 nitrogen and oxygen atoms in total. The Kier molecular flexibility index (Phi) is 41.1. The normalized spacial score (nSPS) is 10.0. The molecule has 0 saturated heterocycles. The SMILES string of the molecule is C=CN=C(C)C(=C)C=C.CC(=O)c1ccc(C(F)(F)F)nc1.CC=C(C)C.CCC(C)CC.CCCC.CCCC(C)CCC. The number of pyridine rings is 1. The lowest BCUT2D eigenvalue weighted by Gasteiger charge is -2.05. The fraction of sp³-hybridized carbons (Fsp3) is 0.615. The quantitative estimate of drug-likeness (QED) is 0.105. The van der Waals surface area contributed by atoms with Crippen molar-refractivity contribution in [2.45, 2.75) is 148 Å². The van der Waals surface area contributed by atoms with Gasteiger partial charge in [0.05, 0.1) is 0 Å². The largest absolute Gasteiger partial charge is 0.433 e. The summed E-state index contributed by atoms with van der Waals surface area (Å²) in [7, 11) is 0. The molecule has 0 fully saturated rings. The Labute approximate surface area is 277 Å². The van der Waals surface area contributed by atoms with Gasteiger partial charge in [0.25, 0.3) is 0 Å². The number of Topliss-reactive ketones (excluding diaryl/α,β-unsaturated/α-hetero) is 1. The van der Waals surface area contributed by atoms with Gasteiger partial charge in [-0.05, 0) is 64.2 Å². The van der Waals surface area contributed by atoms with Crippen LogP contribution in [0.2, 0.25) is 0 Å². The molecule has 262 valence electrons. The van der Waals surface area contributed by atoms with E-state index in [1.54, 1.807) is 6.08 Å².